The van der Waals surface area contributed by atoms with E-state index >= 15 is 0 Å². The Morgan fingerprint density at radius 3 is 2.76 bits per heavy atom. The van der Waals surface area contributed by atoms with Crippen LogP contribution in [-0.2, 0) is 11.0 Å². The van der Waals surface area contributed by atoms with Crippen molar-refractivity contribution in [3.63, 3.8) is 0 Å². The van der Waals surface area contributed by atoms with Crippen LogP contribution in [0.4, 0.5) is 18.9 Å². The van der Waals surface area contributed by atoms with Crippen molar-refractivity contribution in [2.24, 2.45) is 0 Å². The molecule has 0 aromatic carbocycles. The number of rotatable bonds is 3. The van der Waals surface area contributed by atoms with Gasteiger partial charge in [-0.05, 0) is 31.2 Å². The second-order valence-electron chi connectivity index (χ2n) is 5.18. The fraction of sp³-hybridized carbons (Fsp3) is 0.125. The molecule has 128 valence electrons. The van der Waals surface area contributed by atoms with Crippen LogP contribution in [0.3, 0.4) is 0 Å². The Bertz CT molecular complexity index is 978. The zero-order chi connectivity index (χ0) is 18.2. The number of halogens is 3. The molecule has 0 aliphatic carbocycles. The monoisotopic (exact) mass is 347 g/mol. The van der Waals surface area contributed by atoms with Gasteiger partial charge in [-0.2, -0.15) is 18.3 Å². The molecule has 0 fully saturated rings. The molecule has 6 nitrogen and oxygen atoms in total. The SMILES string of the molecule is C=CC(=O)Nc1cnc2c(c1)c(C)nn2-c1ccnc(C(F)(F)F)c1. The highest BCUT2D eigenvalue weighted by atomic mass is 19.4. The molecular formula is C16H12F3N5O. The van der Waals surface area contributed by atoms with E-state index in [1.807, 2.05) is 0 Å². The molecule has 3 aromatic heterocycles. The van der Waals surface area contributed by atoms with Crippen molar-refractivity contribution in [2.75, 3.05) is 5.32 Å². The van der Waals surface area contributed by atoms with Crippen molar-refractivity contribution in [3.05, 3.63) is 54.6 Å². The van der Waals surface area contributed by atoms with E-state index in [4.69, 9.17) is 0 Å². The molecule has 0 unspecified atom stereocenters. The quantitative estimate of drug-likeness (QED) is 0.738. The molecule has 0 bridgehead atoms. The highest BCUT2D eigenvalue weighted by Crippen LogP contribution is 2.29. The largest absolute Gasteiger partial charge is 0.433 e. The van der Waals surface area contributed by atoms with E-state index in [1.54, 1.807) is 13.0 Å². The van der Waals surface area contributed by atoms with Crippen LogP contribution in [-0.4, -0.2) is 25.7 Å². The predicted molar refractivity (Wildman–Crippen MR) is 85.2 cm³/mol. The molecule has 0 saturated carbocycles. The van der Waals surface area contributed by atoms with Gasteiger partial charge < -0.3 is 5.32 Å². The summed E-state index contributed by atoms with van der Waals surface area (Å²) in [5.41, 5.74) is 0.540. The zero-order valence-electron chi connectivity index (χ0n) is 13.0. The number of alkyl halides is 3. The number of fused-ring (bicyclic) bond motifs is 1. The molecule has 3 rings (SSSR count). The van der Waals surface area contributed by atoms with Gasteiger partial charge in [-0.15, -0.1) is 0 Å². The van der Waals surface area contributed by atoms with Gasteiger partial charge in [0.05, 0.1) is 23.3 Å². The van der Waals surface area contributed by atoms with Gasteiger partial charge in [-0.3, -0.25) is 9.78 Å². The summed E-state index contributed by atoms with van der Waals surface area (Å²) in [5.74, 6) is -0.393. The highest BCUT2D eigenvalue weighted by molar-refractivity contribution is 6.00. The number of nitrogens with one attached hydrogen (secondary N) is 1. The van der Waals surface area contributed by atoms with E-state index < -0.39 is 17.8 Å². The summed E-state index contributed by atoms with van der Waals surface area (Å²) in [6, 6.07) is 3.96. The van der Waals surface area contributed by atoms with Gasteiger partial charge in [0.2, 0.25) is 5.91 Å². The molecule has 0 atom stereocenters. The maximum Gasteiger partial charge on any atom is 0.433 e. The molecule has 25 heavy (non-hydrogen) atoms. The second-order valence-corrected chi connectivity index (χ2v) is 5.18. The highest BCUT2D eigenvalue weighted by Gasteiger charge is 2.32. The molecule has 0 saturated heterocycles. The first-order valence-electron chi connectivity index (χ1n) is 7.12. The summed E-state index contributed by atoms with van der Waals surface area (Å²) in [7, 11) is 0. The Balaban J connectivity index is 2.09. The molecule has 3 heterocycles. The molecule has 1 N–H and O–H groups in total. The number of carbonyl (C=O) groups excluding carboxylic acids is 1. The lowest BCUT2D eigenvalue weighted by atomic mass is 10.2. The van der Waals surface area contributed by atoms with E-state index in [0.29, 0.717) is 22.4 Å². The molecule has 0 aliphatic rings. The lowest BCUT2D eigenvalue weighted by Gasteiger charge is -2.08. The average Bonchev–Trinajstić information content (AvgIpc) is 2.91. The predicted octanol–water partition coefficient (Wildman–Crippen LogP) is 3.27. The lowest BCUT2D eigenvalue weighted by molar-refractivity contribution is -0.141. The van der Waals surface area contributed by atoms with E-state index in [-0.39, 0.29) is 5.69 Å². The van der Waals surface area contributed by atoms with Crippen LogP contribution < -0.4 is 5.32 Å². The van der Waals surface area contributed by atoms with Gasteiger partial charge in [-0.1, -0.05) is 6.58 Å². The van der Waals surface area contributed by atoms with Crippen molar-refractivity contribution in [3.8, 4) is 5.69 Å². The van der Waals surface area contributed by atoms with Gasteiger partial charge in [0.1, 0.15) is 5.69 Å². The Morgan fingerprint density at radius 2 is 2.08 bits per heavy atom. The molecule has 0 aliphatic heterocycles. The number of nitrogens with zero attached hydrogens (tertiary/aromatic N) is 4. The zero-order valence-corrected chi connectivity index (χ0v) is 13.0. The van der Waals surface area contributed by atoms with E-state index in [0.717, 1.165) is 18.3 Å². The van der Waals surface area contributed by atoms with Crippen molar-refractivity contribution in [1.82, 2.24) is 19.7 Å². The van der Waals surface area contributed by atoms with Gasteiger partial charge in [0, 0.05) is 11.6 Å². The smallest absolute Gasteiger partial charge is 0.321 e. The molecular weight excluding hydrogens is 335 g/mol. The second kappa shape index (κ2) is 6.00. The summed E-state index contributed by atoms with van der Waals surface area (Å²) in [6.45, 7) is 5.06. The van der Waals surface area contributed by atoms with Gasteiger partial charge >= 0.3 is 6.18 Å². The molecule has 0 radical (unpaired) electrons. The van der Waals surface area contributed by atoms with Crippen molar-refractivity contribution in [2.45, 2.75) is 13.1 Å². The number of aryl methyl sites for hydroxylation is 1. The van der Waals surface area contributed by atoms with Gasteiger partial charge in [-0.25, -0.2) is 9.67 Å². The summed E-state index contributed by atoms with van der Waals surface area (Å²) in [6.07, 6.45) is -0.966. The Labute approximate surface area is 140 Å². The maximum atomic E-state index is 12.9. The number of hydrogen-bond acceptors (Lipinski definition) is 4. The number of hydrogen-bond donors (Lipinski definition) is 1. The van der Waals surface area contributed by atoms with Gasteiger partial charge in [0.25, 0.3) is 0 Å². The average molecular weight is 347 g/mol. The first-order valence-corrected chi connectivity index (χ1v) is 7.12. The fourth-order valence-corrected chi connectivity index (χ4v) is 2.29. The maximum absolute atomic E-state index is 12.9. The van der Waals surface area contributed by atoms with Crippen LogP contribution in [0.15, 0.2) is 43.2 Å². The van der Waals surface area contributed by atoms with E-state index in [1.165, 1.54) is 16.9 Å². The number of amides is 1. The molecule has 1 amide bonds. The summed E-state index contributed by atoms with van der Waals surface area (Å²) >= 11 is 0. The van der Waals surface area contributed by atoms with Crippen molar-refractivity contribution < 1.29 is 18.0 Å². The lowest BCUT2D eigenvalue weighted by Crippen LogP contribution is -2.09. The third-order valence-electron chi connectivity index (χ3n) is 3.44. The minimum Gasteiger partial charge on any atom is -0.321 e. The topological polar surface area (TPSA) is 72.7 Å². The number of pyridine rings is 2. The number of carbonyl (C=O) groups is 1. The first kappa shape index (κ1) is 16.6. The van der Waals surface area contributed by atoms with Crippen LogP contribution >= 0.6 is 0 Å². The summed E-state index contributed by atoms with van der Waals surface area (Å²) in [5, 5.41) is 7.43. The Kier molecular flexibility index (Phi) is 3.99. The third-order valence-corrected chi connectivity index (χ3v) is 3.44. The molecule has 0 spiro atoms. The van der Waals surface area contributed by atoms with Crippen LogP contribution in [0, 0.1) is 6.92 Å². The van der Waals surface area contributed by atoms with Crippen molar-refractivity contribution in [1.29, 1.82) is 0 Å². The fourth-order valence-electron chi connectivity index (χ4n) is 2.29. The third kappa shape index (κ3) is 3.21. The standard InChI is InChI=1S/C16H12F3N5O/c1-3-14(25)22-10-6-12-9(2)23-24(15(12)21-8-10)11-4-5-20-13(7-11)16(17,18)19/h3-8H,1H2,2H3,(H,22,25). The Morgan fingerprint density at radius 1 is 1.32 bits per heavy atom. The number of anilines is 1. The van der Waals surface area contributed by atoms with Crippen LogP contribution in [0.1, 0.15) is 11.4 Å². The van der Waals surface area contributed by atoms with Crippen LogP contribution in [0.25, 0.3) is 16.7 Å². The Hall–Kier alpha value is -3.23. The molecule has 9 heteroatoms. The number of aromatic nitrogens is 4. The van der Waals surface area contributed by atoms with Crippen LogP contribution in [0.5, 0.6) is 0 Å². The van der Waals surface area contributed by atoms with E-state index in [2.05, 4.69) is 27.0 Å². The summed E-state index contributed by atoms with van der Waals surface area (Å²) in [4.78, 5) is 18.9. The minimum atomic E-state index is -4.55. The summed E-state index contributed by atoms with van der Waals surface area (Å²) < 4.78 is 39.9. The van der Waals surface area contributed by atoms with Crippen LogP contribution in [0.2, 0.25) is 0 Å². The normalized spacial score (nSPS) is 11.5. The van der Waals surface area contributed by atoms with Gasteiger partial charge in [0.15, 0.2) is 5.65 Å². The first-order chi connectivity index (χ1) is 11.8. The minimum absolute atomic E-state index is 0.191. The molecule has 3 aromatic rings. The van der Waals surface area contributed by atoms with E-state index in [9.17, 15) is 18.0 Å². The van der Waals surface area contributed by atoms with Crippen molar-refractivity contribution >= 4 is 22.6 Å².